The zero-order valence-electron chi connectivity index (χ0n) is 11.8. The molecule has 1 aliphatic carbocycles. The Kier molecular flexibility index (Phi) is 4.83. The lowest BCUT2D eigenvalue weighted by molar-refractivity contribution is 0.0745. The molecule has 1 unspecified atom stereocenters. The normalized spacial score (nSPS) is 25.4. The summed E-state index contributed by atoms with van der Waals surface area (Å²) in [5.74, 6) is 1.79. The first-order chi connectivity index (χ1) is 8.20. The predicted octanol–water partition coefficient (Wildman–Crippen LogP) is 1.26. The molecule has 0 radical (unpaired) electrons. The number of hydrogen-bond donors (Lipinski definition) is 1. The lowest BCUT2D eigenvalue weighted by Gasteiger charge is -2.41. The third kappa shape index (κ3) is 3.94. The molecule has 3 nitrogen and oxygen atoms in total. The van der Waals surface area contributed by atoms with Gasteiger partial charge in [0.15, 0.2) is 0 Å². The summed E-state index contributed by atoms with van der Waals surface area (Å²) in [5.41, 5.74) is 0. The number of nitrogens with zero attached hydrogens (tertiary/aromatic N) is 2. The molecule has 17 heavy (non-hydrogen) atoms. The second-order valence-corrected chi connectivity index (χ2v) is 6.15. The fraction of sp³-hybridized carbons (Fsp3) is 1.00. The van der Waals surface area contributed by atoms with Crippen LogP contribution in [0.4, 0.5) is 0 Å². The Hall–Kier alpha value is -0.120. The molecule has 100 valence electrons. The molecular weight excluding hydrogens is 210 g/mol. The van der Waals surface area contributed by atoms with Crippen molar-refractivity contribution in [1.29, 1.82) is 0 Å². The third-order valence-corrected chi connectivity index (χ3v) is 4.27. The van der Waals surface area contributed by atoms with Gasteiger partial charge in [0.1, 0.15) is 0 Å². The Bertz CT molecular complexity index is 218. The Balaban J connectivity index is 1.75. The van der Waals surface area contributed by atoms with Gasteiger partial charge in [-0.1, -0.05) is 13.8 Å². The second kappa shape index (κ2) is 6.17. The van der Waals surface area contributed by atoms with E-state index in [4.69, 9.17) is 0 Å². The highest BCUT2D eigenvalue weighted by atomic mass is 15.3. The average molecular weight is 239 g/mol. The molecule has 0 spiro atoms. The van der Waals surface area contributed by atoms with Crippen LogP contribution in [0.2, 0.25) is 0 Å². The van der Waals surface area contributed by atoms with E-state index in [0.717, 1.165) is 18.4 Å². The molecule has 1 heterocycles. The Labute approximate surface area is 107 Å². The van der Waals surface area contributed by atoms with E-state index in [1.807, 2.05) is 0 Å². The van der Waals surface area contributed by atoms with Crippen molar-refractivity contribution < 1.29 is 0 Å². The molecular formula is C14H29N3. The number of nitrogens with one attached hydrogen (secondary N) is 1. The summed E-state index contributed by atoms with van der Waals surface area (Å²) in [4.78, 5) is 5.36. The fourth-order valence-electron chi connectivity index (χ4n) is 2.94. The Morgan fingerprint density at radius 3 is 2.24 bits per heavy atom. The summed E-state index contributed by atoms with van der Waals surface area (Å²) in [6.07, 6.45) is 2.96. The molecule has 2 aliphatic rings. The second-order valence-electron chi connectivity index (χ2n) is 6.15. The molecule has 0 aromatic carbocycles. The third-order valence-electron chi connectivity index (χ3n) is 4.27. The minimum absolute atomic E-state index is 0.711. The van der Waals surface area contributed by atoms with E-state index in [1.54, 1.807) is 0 Å². The van der Waals surface area contributed by atoms with E-state index < -0.39 is 0 Å². The van der Waals surface area contributed by atoms with E-state index in [0.29, 0.717) is 6.04 Å². The first kappa shape index (κ1) is 13.3. The van der Waals surface area contributed by atoms with Crippen LogP contribution in [0.3, 0.4) is 0 Å². The first-order valence-corrected chi connectivity index (χ1v) is 7.31. The molecule has 0 aromatic rings. The highest BCUT2D eigenvalue weighted by Crippen LogP contribution is 2.30. The van der Waals surface area contributed by atoms with Crippen LogP contribution in [-0.2, 0) is 0 Å². The molecule has 1 aliphatic heterocycles. The van der Waals surface area contributed by atoms with E-state index in [2.05, 4.69) is 36.0 Å². The zero-order chi connectivity index (χ0) is 12.3. The van der Waals surface area contributed by atoms with Crippen LogP contribution in [-0.4, -0.2) is 62.2 Å². The molecule has 1 saturated heterocycles. The smallest absolute Gasteiger partial charge is 0.0244 e. The van der Waals surface area contributed by atoms with E-state index in [9.17, 15) is 0 Å². The molecule has 0 bridgehead atoms. The number of piperazine rings is 1. The molecule has 2 fully saturated rings. The molecule has 3 heteroatoms. The summed E-state index contributed by atoms with van der Waals surface area (Å²) in [6, 6.07) is 0.711. The maximum atomic E-state index is 3.34. The minimum atomic E-state index is 0.711. The average Bonchev–Trinajstić information content (AvgIpc) is 3.11. The number of likely N-dealkylation sites (N-methyl/N-ethyl adjacent to an activating group) is 1. The lowest BCUT2D eigenvalue weighted by Crippen LogP contribution is -2.54. The van der Waals surface area contributed by atoms with Gasteiger partial charge in [0.2, 0.25) is 0 Å². The maximum Gasteiger partial charge on any atom is 0.0244 e. The molecule has 1 saturated carbocycles. The molecule has 0 amide bonds. The van der Waals surface area contributed by atoms with Crippen molar-refractivity contribution in [2.24, 2.45) is 11.8 Å². The first-order valence-electron chi connectivity index (χ1n) is 7.31. The highest BCUT2D eigenvalue weighted by molar-refractivity contribution is 4.84. The van der Waals surface area contributed by atoms with Crippen LogP contribution >= 0.6 is 0 Å². The largest absolute Gasteiger partial charge is 0.318 e. The van der Waals surface area contributed by atoms with E-state index in [1.165, 1.54) is 45.6 Å². The topological polar surface area (TPSA) is 18.5 Å². The van der Waals surface area contributed by atoms with Gasteiger partial charge in [-0.2, -0.15) is 0 Å². The highest BCUT2D eigenvalue weighted by Gasteiger charge is 2.29. The van der Waals surface area contributed by atoms with Crippen LogP contribution in [0.15, 0.2) is 0 Å². The van der Waals surface area contributed by atoms with E-state index in [-0.39, 0.29) is 0 Å². The Morgan fingerprint density at radius 1 is 1.12 bits per heavy atom. The van der Waals surface area contributed by atoms with Gasteiger partial charge < -0.3 is 10.2 Å². The monoisotopic (exact) mass is 239 g/mol. The van der Waals surface area contributed by atoms with Crippen LogP contribution in [0.5, 0.6) is 0 Å². The van der Waals surface area contributed by atoms with Gasteiger partial charge in [0.25, 0.3) is 0 Å². The van der Waals surface area contributed by atoms with Crippen molar-refractivity contribution in [3.63, 3.8) is 0 Å². The van der Waals surface area contributed by atoms with Crippen LogP contribution in [0.1, 0.15) is 26.7 Å². The standard InChI is InChI=1S/C14H29N3/c1-12(2)14(10-15-3)17-8-6-16(7-9-17)11-13-4-5-13/h12-15H,4-11H2,1-3H3. The SMILES string of the molecule is CNCC(C(C)C)N1CCN(CC2CC2)CC1. The lowest BCUT2D eigenvalue weighted by atomic mass is 10.0. The van der Waals surface area contributed by atoms with Gasteiger partial charge in [0.05, 0.1) is 0 Å². The summed E-state index contributed by atoms with van der Waals surface area (Å²) in [7, 11) is 2.07. The van der Waals surface area contributed by atoms with Gasteiger partial charge in [-0.05, 0) is 31.7 Å². The van der Waals surface area contributed by atoms with Crippen molar-refractivity contribution >= 4 is 0 Å². The van der Waals surface area contributed by atoms with Gasteiger partial charge in [-0.25, -0.2) is 0 Å². The quantitative estimate of drug-likeness (QED) is 0.753. The van der Waals surface area contributed by atoms with Gasteiger partial charge in [-0.3, -0.25) is 4.90 Å². The molecule has 1 atom stereocenters. The predicted molar refractivity (Wildman–Crippen MR) is 73.3 cm³/mol. The van der Waals surface area contributed by atoms with Crippen LogP contribution < -0.4 is 5.32 Å². The van der Waals surface area contributed by atoms with Crippen molar-refractivity contribution in [2.75, 3.05) is 46.3 Å². The van der Waals surface area contributed by atoms with E-state index >= 15 is 0 Å². The van der Waals surface area contributed by atoms with Crippen molar-refractivity contribution in [3.8, 4) is 0 Å². The molecule has 1 N–H and O–H groups in total. The summed E-state index contributed by atoms with van der Waals surface area (Å²) in [5, 5.41) is 3.34. The van der Waals surface area contributed by atoms with Crippen molar-refractivity contribution in [3.05, 3.63) is 0 Å². The van der Waals surface area contributed by atoms with Crippen molar-refractivity contribution in [2.45, 2.75) is 32.7 Å². The molecule has 0 aromatic heterocycles. The summed E-state index contributed by atoms with van der Waals surface area (Å²) in [6.45, 7) is 12.3. The maximum absolute atomic E-state index is 3.34. The minimum Gasteiger partial charge on any atom is -0.318 e. The van der Waals surface area contributed by atoms with Crippen LogP contribution in [0, 0.1) is 11.8 Å². The van der Waals surface area contributed by atoms with Gasteiger partial charge >= 0.3 is 0 Å². The summed E-state index contributed by atoms with van der Waals surface area (Å²) < 4.78 is 0. The van der Waals surface area contributed by atoms with Crippen LogP contribution in [0.25, 0.3) is 0 Å². The zero-order valence-corrected chi connectivity index (χ0v) is 11.8. The fourth-order valence-corrected chi connectivity index (χ4v) is 2.94. The number of hydrogen-bond acceptors (Lipinski definition) is 3. The van der Waals surface area contributed by atoms with Gasteiger partial charge in [-0.15, -0.1) is 0 Å². The molecule has 2 rings (SSSR count). The van der Waals surface area contributed by atoms with Gasteiger partial charge in [0, 0.05) is 45.3 Å². The number of rotatable bonds is 6. The summed E-state index contributed by atoms with van der Waals surface area (Å²) >= 11 is 0. The van der Waals surface area contributed by atoms with Crippen molar-refractivity contribution in [1.82, 2.24) is 15.1 Å². The Morgan fingerprint density at radius 2 is 1.76 bits per heavy atom.